The average molecular weight is 539 g/mol. The van der Waals surface area contributed by atoms with E-state index in [-0.39, 0.29) is 43.7 Å². The zero-order valence-electron chi connectivity index (χ0n) is 21.3. The van der Waals surface area contributed by atoms with Gasteiger partial charge >= 0.3 is 0 Å². The summed E-state index contributed by atoms with van der Waals surface area (Å²) in [6.45, 7) is 9.17. The van der Waals surface area contributed by atoms with Crippen molar-refractivity contribution in [3.05, 3.63) is 28.8 Å². The van der Waals surface area contributed by atoms with Crippen LogP contribution >= 0.6 is 22.9 Å². The van der Waals surface area contributed by atoms with E-state index in [2.05, 4.69) is 10.3 Å². The Morgan fingerprint density at radius 3 is 2.69 bits per heavy atom. The molecule has 8 nitrogen and oxygen atoms in total. The van der Waals surface area contributed by atoms with Crippen molar-refractivity contribution in [3.8, 4) is 0 Å². The highest BCUT2D eigenvalue weighted by Crippen LogP contribution is 2.56. The van der Waals surface area contributed by atoms with Gasteiger partial charge in [-0.3, -0.25) is 9.59 Å². The highest BCUT2D eigenvalue weighted by molar-refractivity contribution is 7.18. The Bertz CT molecular complexity index is 1150. The fraction of sp³-hybridized carbons (Fsp3) is 0.654. The van der Waals surface area contributed by atoms with Gasteiger partial charge in [0.1, 0.15) is 5.78 Å². The summed E-state index contributed by atoms with van der Waals surface area (Å²) in [5.74, 6) is -2.60. The summed E-state index contributed by atoms with van der Waals surface area (Å²) in [7, 11) is 0. The smallest absolute Gasteiger partial charge is 0.223 e. The molecule has 0 saturated carbocycles. The number of amides is 1. The number of fused-ring (bicyclic) bond motifs is 2. The van der Waals surface area contributed by atoms with Crippen LogP contribution in [-0.2, 0) is 19.1 Å². The van der Waals surface area contributed by atoms with Gasteiger partial charge in [0, 0.05) is 18.8 Å². The molecule has 2 saturated heterocycles. The van der Waals surface area contributed by atoms with E-state index < -0.39 is 34.3 Å². The number of alkyl halides is 1. The molecule has 3 N–H and O–H groups in total. The van der Waals surface area contributed by atoms with Crippen molar-refractivity contribution in [2.75, 3.05) is 6.61 Å². The van der Waals surface area contributed by atoms with Gasteiger partial charge in [-0.15, -0.1) is 11.3 Å². The number of nitrogens with one attached hydrogen (secondary N) is 1. The largest absolute Gasteiger partial charge is 0.392 e. The predicted molar refractivity (Wildman–Crippen MR) is 138 cm³/mol. The summed E-state index contributed by atoms with van der Waals surface area (Å²) in [6.07, 6.45) is -0.983. The monoisotopic (exact) mass is 538 g/mol. The van der Waals surface area contributed by atoms with E-state index in [9.17, 15) is 19.8 Å². The number of aliphatic hydroxyl groups is 2. The minimum Gasteiger partial charge on any atom is -0.392 e. The lowest BCUT2D eigenvalue weighted by molar-refractivity contribution is -0.140. The predicted octanol–water partition coefficient (Wildman–Crippen LogP) is 3.99. The topological polar surface area (TPSA) is 121 Å². The number of aryl methyl sites for hydroxylation is 1. The van der Waals surface area contributed by atoms with Crippen LogP contribution in [0.1, 0.15) is 70.0 Å². The maximum atomic E-state index is 13.2. The highest BCUT2D eigenvalue weighted by atomic mass is 35.5. The first-order valence-electron chi connectivity index (χ1n) is 12.4. The maximum absolute atomic E-state index is 13.2. The molecule has 0 spiro atoms. The van der Waals surface area contributed by atoms with Crippen molar-refractivity contribution in [2.24, 2.45) is 11.3 Å². The number of ketones is 1. The standard InChI is InChI=1S/C26H35ClN2O6S/c1-14-10-15(2)34-9-8-25(27)26(33,35-25)13-19(17-6-7-20-18(11-17)28-16(3)36-20)29-22(31)12-21(30)24(4,5)23(14)32/h6-7,11,14-15,19,21,30,33H,8-10,12-13H2,1-5H3,(H,29,31)/t14-,15+,19+,21+,25-,26+/m1/s1. The minimum atomic E-state index is -1.66. The first-order valence-corrected chi connectivity index (χ1v) is 13.6. The molecule has 2 aliphatic heterocycles. The van der Waals surface area contributed by atoms with Crippen LogP contribution in [0.3, 0.4) is 0 Å². The molecule has 0 aliphatic carbocycles. The Kier molecular flexibility index (Phi) is 7.56. The van der Waals surface area contributed by atoms with Crippen molar-refractivity contribution >= 4 is 44.8 Å². The van der Waals surface area contributed by atoms with Crippen LogP contribution < -0.4 is 5.32 Å². The van der Waals surface area contributed by atoms with Gasteiger partial charge in [-0.25, -0.2) is 4.98 Å². The first kappa shape index (κ1) is 27.4. The molecule has 1 amide bonds. The maximum Gasteiger partial charge on any atom is 0.223 e. The second-order valence-electron chi connectivity index (χ2n) is 10.8. The van der Waals surface area contributed by atoms with Crippen LogP contribution in [0.25, 0.3) is 10.2 Å². The average Bonchev–Trinajstić information content (AvgIpc) is 3.10. The van der Waals surface area contributed by atoms with E-state index in [4.69, 9.17) is 21.1 Å². The number of aliphatic hydroxyl groups excluding tert-OH is 1. The van der Waals surface area contributed by atoms with E-state index in [1.165, 1.54) is 0 Å². The molecule has 2 fully saturated rings. The third-order valence-corrected chi connectivity index (χ3v) is 8.93. The van der Waals surface area contributed by atoms with Crippen LogP contribution in [0.2, 0.25) is 0 Å². The van der Waals surface area contributed by atoms with Gasteiger partial charge < -0.3 is 25.0 Å². The third-order valence-electron chi connectivity index (χ3n) is 7.42. The lowest BCUT2D eigenvalue weighted by Gasteiger charge is -2.32. The summed E-state index contributed by atoms with van der Waals surface area (Å²) >= 11 is 8.16. The molecular formula is C26H35ClN2O6S. The number of halogens is 1. The SMILES string of the molecule is Cc1nc2cc([C@@H]3C[C@]4(O)O[C@]4(Cl)CCO[C@@H](C)C[C@@H](C)C(=O)C(C)(C)[C@@H](O)CC(=O)N3)ccc2s1. The van der Waals surface area contributed by atoms with Crippen molar-refractivity contribution < 1.29 is 29.3 Å². The number of carbonyl (C=O) groups excluding carboxylic acids is 2. The zero-order chi connectivity index (χ0) is 26.5. The van der Waals surface area contributed by atoms with E-state index >= 15 is 0 Å². The molecule has 0 unspecified atom stereocenters. The number of aromatic nitrogens is 1. The van der Waals surface area contributed by atoms with Crippen molar-refractivity contribution in [1.82, 2.24) is 10.3 Å². The number of hydrogen-bond acceptors (Lipinski definition) is 8. The van der Waals surface area contributed by atoms with E-state index in [1.807, 2.05) is 32.0 Å². The number of ether oxygens (including phenoxy) is 2. The number of carbonyl (C=O) groups is 2. The van der Waals surface area contributed by atoms with Crippen LogP contribution in [-0.4, -0.2) is 56.5 Å². The molecule has 0 bridgehead atoms. The molecule has 6 atom stereocenters. The van der Waals surface area contributed by atoms with Crippen LogP contribution in [0.5, 0.6) is 0 Å². The second-order valence-corrected chi connectivity index (χ2v) is 12.6. The van der Waals surface area contributed by atoms with Crippen molar-refractivity contribution in [2.45, 2.75) is 89.4 Å². The molecule has 36 heavy (non-hydrogen) atoms. The van der Waals surface area contributed by atoms with Crippen LogP contribution in [0.4, 0.5) is 0 Å². The van der Waals surface area contributed by atoms with E-state index in [0.29, 0.717) is 6.42 Å². The zero-order valence-corrected chi connectivity index (χ0v) is 22.9. The molecule has 10 heteroatoms. The van der Waals surface area contributed by atoms with Gasteiger partial charge in [-0.2, -0.15) is 0 Å². The quantitative estimate of drug-likeness (QED) is 0.371. The second kappa shape index (κ2) is 9.93. The van der Waals surface area contributed by atoms with E-state index in [1.54, 1.807) is 32.1 Å². The molecule has 0 radical (unpaired) electrons. The number of thiazole rings is 1. The highest BCUT2D eigenvalue weighted by Gasteiger charge is 2.69. The summed E-state index contributed by atoms with van der Waals surface area (Å²) in [5.41, 5.74) is 0.400. The molecule has 2 aliphatic rings. The Hall–Kier alpha value is -1.62. The molecule has 3 heterocycles. The van der Waals surface area contributed by atoms with Crippen molar-refractivity contribution in [3.63, 3.8) is 0 Å². The third kappa shape index (κ3) is 5.47. The van der Waals surface area contributed by atoms with Gasteiger partial charge in [-0.1, -0.05) is 38.4 Å². The molecule has 1 aromatic heterocycles. The lowest BCUT2D eigenvalue weighted by atomic mass is 9.75. The fourth-order valence-electron chi connectivity index (χ4n) is 5.04. The van der Waals surface area contributed by atoms with Gasteiger partial charge in [-0.05, 0) is 38.0 Å². The normalized spacial score (nSPS) is 36.3. The van der Waals surface area contributed by atoms with Gasteiger partial charge in [0.15, 0.2) is 0 Å². The number of Topliss-reactive ketones (excluding diaryl/α,β-unsaturated/α-hetero) is 1. The summed E-state index contributed by atoms with van der Waals surface area (Å²) < 4.78 is 12.5. The Morgan fingerprint density at radius 2 is 1.97 bits per heavy atom. The van der Waals surface area contributed by atoms with Crippen LogP contribution in [0, 0.1) is 18.3 Å². The summed E-state index contributed by atoms with van der Waals surface area (Å²) in [6, 6.07) is 5.02. The van der Waals surface area contributed by atoms with Gasteiger partial charge in [0.2, 0.25) is 16.8 Å². The minimum absolute atomic E-state index is 0.00186. The number of benzene rings is 1. The molecular weight excluding hydrogens is 504 g/mol. The van der Waals surface area contributed by atoms with Crippen LogP contribution in [0.15, 0.2) is 18.2 Å². The Morgan fingerprint density at radius 1 is 1.25 bits per heavy atom. The number of hydrogen-bond donors (Lipinski definition) is 3. The van der Waals surface area contributed by atoms with Gasteiger partial charge in [0.25, 0.3) is 0 Å². The summed E-state index contributed by atoms with van der Waals surface area (Å²) in [4.78, 5) is 30.8. The fourth-order valence-corrected chi connectivity index (χ4v) is 6.12. The molecule has 198 valence electrons. The number of rotatable bonds is 1. The molecule has 2 aromatic rings. The lowest BCUT2D eigenvalue weighted by Crippen LogP contribution is -2.44. The molecule has 1 aromatic carbocycles. The number of epoxide rings is 1. The first-order chi connectivity index (χ1) is 16.7. The van der Waals surface area contributed by atoms with E-state index in [0.717, 1.165) is 20.8 Å². The van der Waals surface area contributed by atoms with Gasteiger partial charge in [0.05, 0.1) is 51.9 Å². The Balaban J connectivity index is 1.64. The summed E-state index contributed by atoms with van der Waals surface area (Å²) in [5, 5.41) is 24.6. The Labute approximate surface area is 220 Å². The number of nitrogens with zero attached hydrogens (tertiary/aromatic N) is 1. The van der Waals surface area contributed by atoms with Crippen molar-refractivity contribution in [1.29, 1.82) is 0 Å². The molecule has 4 rings (SSSR count).